The van der Waals surface area contributed by atoms with E-state index in [0.29, 0.717) is 16.9 Å². The van der Waals surface area contributed by atoms with E-state index in [1.165, 1.54) is 6.07 Å². The van der Waals surface area contributed by atoms with Gasteiger partial charge in [-0.2, -0.15) is 0 Å². The Morgan fingerprint density at radius 2 is 1.65 bits per heavy atom. The van der Waals surface area contributed by atoms with Crippen molar-refractivity contribution in [3.05, 3.63) is 92.9 Å². The molecule has 0 atom stereocenters. The number of nitrogens with one attached hydrogen (secondary N) is 2. The number of nitrogens with zero attached hydrogens (tertiary/aromatic N) is 1. The second kappa shape index (κ2) is 9.58. The summed E-state index contributed by atoms with van der Waals surface area (Å²) in [7, 11) is 0. The summed E-state index contributed by atoms with van der Waals surface area (Å²) >= 11 is 0. The van der Waals surface area contributed by atoms with Crippen molar-refractivity contribution >= 4 is 17.1 Å². The molecule has 0 unspecified atom stereocenters. The minimum Gasteiger partial charge on any atom is -0.508 e. The third-order valence-electron chi connectivity index (χ3n) is 4.50. The molecular weight excluding hydrogens is 394 g/mol. The summed E-state index contributed by atoms with van der Waals surface area (Å²) in [4.78, 5) is 28.3. The van der Waals surface area contributed by atoms with E-state index in [2.05, 4.69) is 15.6 Å². The molecule has 3 aromatic carbocycles. The molecule has 1 heterocycles. The van der Waals surface area contributed by atoms with Gasteiger partial charge in [0.2, 0.25) is 0 Å². The molecule has 0 aliphatic carbocycles. The van der Waals surface area contributed by atoms with Gasteiger partial charge in [-0.15, -0.1) is 0 Å². The topological polar surface area (TPSA) is 112 Å². The number of hydrogen-bond acceptors (Lipinski definition) is 7. The zero-order valence-corrected chi connectivity index (χ0v) is 17.2. The molecule has 0 spiro atoms. The Morgan fingerprint density at radius 1 is 0.871 bits per heavy atom. The van der Waals surface area contributed by atoms with E-state index in [-0.39, 0.29) is 29.4 Å². The maximum Gasteiger partial charge on any atom is 0.253 e. The fourth-order valence-electron chi connectivity index (χ4n) is 3.02. The molecule has 0 radical (unpaired) electrons. The second-order valence-corrected chi connectivity index (χ2v) is 6.50. The minimum atomic E-state index is -0.615. The Kier molecular flexibility index (Phi) is 6.67. The number of hydrogen-bond donors (Lipinski definition) is 4. The van der Waals surface area contributed by atoms with Crippen LogP contribution in [0.15, 0.2) is 76.4 Å². The predicted molar refractivity (Wildman–Crippen MR) is 123 cm³/mol. The van der Waals surface area contributed by atoms with E-state index in [0.717, 1.165) is 5.56 Å². The summed E-state index contributed by atoms with van der Waals surface area (Å²) in [6.45, 7) is 4.28. The first kappa shape index (κ1) is 21.6. The third-order valence-corrected chi connectivity index (χ3v) is 4.50. The van der Waals surface area contributed by atoms with Gasteiger partial charge >= 0.3 is 0 Å². The predicted octanol–water partition coefficient (Wildman–Crippen LogP) is 4.14. The van der Waals surface area contributed by atoms with Crippen LogP contribution in [0, 0.1) is 0 Å². The van der Waals surface area contributed by atoms with Gasteiger partial charge < -0.3 is 20.8 Å². The Hall–Kier alpha value is -4.13. The lowest BCUT2D eigenvalue weighted by Crippen LogP contribution is -2.36. The first-order valence-electron chi connectivity index (χ1n) is 9.89. The number of phenolic OH excluding ortho intramolecular Hbond substituents is 2. The maximum atomic E-state index is 12.1. The molecule has 0 fully saturated rings. The Labute approximate surface area is 179 Å². The first-order chi connectivity index (χ1) is 15.0. The van der Waals surface area contributed by atoms with Crippen molar-refractivity contribution in [2.45, 2.75) is 20.4 Å². The highest BCUT2D eigenvalue weighted by molar-refractivity contribution is 5.81. The molecule has 0 saturated carbocycles. The quantitative estimate of drug-likeness (QED) is 0.276. The van der Waals surface area contributed by atoms with Crippen LogP contribution in [0.4, 0.5) is 17.1 Å². The van der Waals surface area contributed by atoms with Crippen molar-refractivity contribution in [1.29, 1.82) is 0 Å². The van der Waals surface area contributed by atoms with Crippen LogP contribution in [0.5, 0.6) is 11.5 Å². The van der Waals surface area contributed by atoms with Crippen LogP contribution in [-0.4, -0.2) is 15.2 Å². The van der Waals surface area contributed by atoms with Gasteiger partial charge in [-0.05, 0) is 48.0 Å². The number of pyridine rings is 1. The largest absolute Gasteiger partial charge is 0.508 e. The maximum absolute atomic E-state index is 12.1. The molecule has 1 aromatic heterocycles. The summed E-state index contributed by atoms with van der Waals surface area (Å²) in [5.74, 6) is 0.181. The lowest BCUT2D eigenvalue weighted by Gasteiger charge is -2.16. The third kappa shape index (κ3) is 4.72. The van der Waals surface area contributed by atoms with Crippen LogP contribution in [0.2, 0.25) is 0 Å². The van der Waals surface area contributed by atoms with Gasteiger partial charge in [0, 0.05) is 24.0 Å². The van der Waals surface area contributed by atoms with E-state index in [1.54, 1.807) is 54.7 Å². The van der Waals surface area contributed by atoms with E-state index in [9.17, 15) is 19.8 Å². The standard InChI is InChI=1S/C22H17N3O4.C2H6/c26-15-5-3-4-13(10-15)12-24-19-20(22(29)21(19)28)25-14-7-8-18(27)16(11-14)17-6-1-2-9-23-17;1-2/h1-11,24-27H,12H2;1-2H3. The van der Waals surface area contributed by atoms with E-state index < -0.39 is 10.9 Å². The molecule has 31 heavy (non-hydrogen) atoms. The Morgan fingerprint density at radius 3 is 2.35 bits per heavy atom. The van der Waals surface area contributed by atoms with Crippen LogP contribution < -0.4 is 21.5 Å². The van der Waals surface area contributed by atoms with Gasteiger partial charge in [-0.25, -0.2) is 0 Å². The lowest BCUT2D eigenvalue weighted by molar-refractivity contribution is 0.474. The summed E-state index contributed by atoms with van der Waals surface area (Å²) in [5, 5.41) is 25.6. The van der Waals surface area contributed by atoms with Crippen LogP contribution >= 0.6 is 0 Å². The summed E-state index contributed by atoms with van der Waals surface area (Å²) in [6, 6.07) is 16.7. The molecule has 0 aliphatic rings. The number of aromatic hydroxyl groups is 2. The van der Waals surface area contributed by atoms with Crippen molar-refractivity contribution in [2.24, 2.45) is 0 Å². The molecule has 7 heteroatoms. The van der Waals surface area contributed by atoms with E-state index in [4.69, 9.17) is 0 Å². The van der Waals surface area contributed by atoms with Crippen molar-refractivity contribution in [1.82, 2.24) is 4.98 Å². The fourth-order valence-corrected chi connectivity index (χ4v) is 3.02. The summed E-state index contributed by atoms with van der Waals surface area (Å²) in [6.07, 6.45) is 1.62. The SMILES string of the molecule is CC.O=c1c(NCc2cccc(O)c2)c(Nc2ccc(O)c(-c3ccccn3)c2)c1=O. The van der Waals surface area contributed by atoms with Crippen molar-refractivity contribution in [3.8, 4) is 22.8 Å². The van der Waals surface area contributed by atoms with E-state index in [1.807, 2.05) is 19.9 Å². The number of benzene rings is 2. The highest BCUT2D eigenvalue weighted by Gasteiger charge is 2.21. The molecule has 4 rings (SSSR count). The highest BCUT2D eigenvalue weighted by atomic mass is 16.3. The van der Waals surface area contributed by atoms with E-state index >= 15 is 0 Å². The molecule has 158 valence electrons. The van der Waals surface area contributed by atoms with Crippen LogP contribution in [0.3, 0.4) is 0 Å². The van der Waals surface area contributed by atoms with Gasteiger partial charge in [0.1, 0.15) is 22.9 Å². The average Bonchev–Trinajstić information content (AvgIpc) is 2.81. The molecular formula is C24H23N3O4. The van der Waals surface area contributed by atoms with Crippen LogP contribution in [0.25, 0.3) is 11.3 Å². The molecule has 4 aromatic rings. The molecule has 0 saturated heterocycles. The first-order valence-corrected chi connectivity index (χ1v) is 9.89. The smallest absolute Gasteiger partial charge is 0.253 e. The highest BCUT2D eigenvalue weighted by Crippen LogP contribution is 2.32. The lowest BCUT2D eigenvalue weighted by atomic mass is 10.1. The monoisotopic (exact) mass is 417 g/mol. The number of phenols is 2. The second-order valence-electron chi connectivity index (χ2n) is 6.50. The van der Waals surface area contributed by atoms with Crippen molar-refractivity contribution in [3.63, 3.8) is 0 Å². The molecule has 0 amide bonds. The van der Waals surface area contributed by atoms with Crippen LogP contribution in [0.1, 0.15) is 19.4 Å². The number of aromatic nitrogens is 1. The normalized spacial score (nSPS) is 10.3. The summed E-state index contributed by atoms with van der Waals surface area (Å²) in [5.41, 5.74) is 1.53. The molecule has 4 N–H and O–H groups in total. The van der Waals surface area contributed by atoms with Gasteiger partial charge in [0.15, 0.2) is 0 Å². The average molecular weight is 417 g/mol. The summed E-state index contributed by atoms with van der Waals surface area (Å²) < 4.78 is 0. The van der Waals surface area contributed by atoms with Gasteiger partial charge in [-0.1, -0.05) is 32.0 Å². The van der Waals surface area contributed by atoms with Gasteiger partial charge in [0.05, 0.1) is 5.69 Å². The van der Waals surface area contributed by atoms with Crippen LogP contribution in [-0.2, 0) is 6.54 Å². The molecule has 0 bridgehead atoms. The zero-order valence-electron chi connectivity index (χ0n) is 17.2. The Bertz CT molecular complexity index is 1250. The van der Waals surface area contributed by atoms with Crippen molar-refractivity contribution < 1.29 is 10.2 Å². The molecule has 0 aliphatic heterocycles. The molecule has 7 nitrogen and oxygen atoms in total. The van der Waals surface area contributed by atoms with Gasteiger partial charge in [-0.3, -0.25) is 14.6 Å². The Balaban J connectivity index is 0.00000132. The number of anilines is 3. The number of rotatable bonds is 6. The minimum absolute atomic E-state index is 0.0569. The van der Waals surface area contributed by atoms with Gasteiger partial charge in [0.25, 0.3) is 10.9 Å². The zero-order chi connectivity index (χ0) is 22.4. The van der Waals surface area contributed by atoms with Crippen molar-refractivity contribution in [2.75, 3.05) is 10.6 Å². The fraction of sp³-hybridized carbons (Fsp3) is 0.125.